The average molecular weight is 539 g/mol. The molecule has 0 bridgehead atoms. The molecule has 0 spiro atoms. The molecule has 1 unspecified atom stereocenters. The first-order chi connectivity index (χ1) is 13.9. The smallest absolute Gasteiger partial charge is 0.356 e. The Labute approximate surface area is 192 Å². The second kappa shape index (κ2) is 11.2. The number of anilines is 1. The number of para-hydroxylation sites is 1. The third-order valence-electron chi connectivity index (χ3n) is 5.29. The van der Waals surface area contributed by atoms with Gasteiger partial charge in [0.1, 0.15) is 0 Å². The van der Waals surface area contributed by atoms with Crippen molar-refractivity contribution in [3.63, 3.8) is 0 Å². The number of rotatable bonds is 6. The summed E-state index contributed by atoms with van der Waals surface area (Å²) in [5.74, 6) is 0.668. The van der Waals surface area contributed by atoms with Crippen LogP contribution in [-0.2, 0) is 11.2 Å². The predicted molar refractivity (Wildman–Crippen MR) is 123 cm³/mol. The van der Waals surface area contributed by atoms with Crippen molar-refractivity contribution in [1.82, 2.24) is 15.5 Å². The number of aliphatic imine (C=N–C) groups is 1. The number of nitrogens with zero attached hydrogens (tertiary/aromatic N) is 3. The number of hydrogen-bond donors (Lipinski definition) is 2. The number of carbonyl (C=O) groups is 1. The summed E-state index contributed by atoms with van der Waals surface area (Å²) >= 11 is 0. The van der Waals surface area contributed by atoms with E-state index in [1.807, 2.05) is 23.1 Å². The van der Waals surface area contributed by atoms with Crippen molar-refractivity contribution < 1.29 is 18.0 Å². The van der Waals surface area contributed by atoms with Gasteiger partial charge < -0.3 is 15.5 Å². The highest BCUT2D eigenvalue weighted by Crippen LogP contribution is 2.28. The van der Waals surface area contributed by atoms with Crippen molar-refractivity contribution in [2.45, 2.75) is 37.9 Å². The highest BCUT2D eigenvalue weighted by Gasteiger charge is 2.34. The van der Waals surface area contributed by atoms with Gasteiger partial charge in [0.15, 0.2) is 5.96 Å². The fourth-order valence-electron chi connectivity index (χ4n) is 3.91. The maximum atomic E-state index is 12.5. The zero-order chi connectivity index (χ0) is 20.9. The van der Waals surface area contributed by atoms with Crippen LogP contribution in [0.1, 0.15) is 24.8 Å². The number of hydrogen-bond acceptors (Lipinski definition) is 3. The van der Waals surface area contributed by atoms with E-state index in [9.17, 15) is 18.0 Å². The van der Waals surface area contributed by atoms with Gasteiger partial charge in [-0.1, -0.05) is 18.2 Å². The molecule has 2 aliphatic rings. The largest absolute Gasteiger partial charge is 0.401 e. The number of guanidine groups is 1. The molecule has 3 rings (SSSR count). The molecule has 168 valence electrons. The summed E-state index contributed by atoms with van der Waals surface area (Å²) in [4.78, 5) is 19.9. The predicted octanol–water partition coefficient (Wildman–Crippen LogP) is 2.78. The lowest BCUT2D eigenvalue weighted by molar-refractivity contribution is -0.143. The minimum absolute atomic E-state index is 0. The van der Waals surface area contributed by atoms with Crippen molar-refractivity contribution >= 4 is 41.5 Å². The Kier molecular flexibility index (Phi) is 9.20. The van der Waals surface area contributed by atoms with Crippen LogP contribution in [0.5, 0.6) is 0 Å². The van der Waals surface area contributed by atoms with Gasteiger partial charge in [0.2, 0.25) is 5.91 Å². The van der Waals surface area contributed by atoms with E-state index >= 15 is 0 Å². The highest BCUT2D eigenvalue weighted by atomic mass is 127. The molecule has 1 fully saturated rings. The number of carbonyl (C=O) groups excluding carboxylic acids is 1. The van der Waals surface area contributed by atoms with Crippen molar-refractivity contribution in [3.8, 4) is 0 Å². The molecule has 1 atom stereocenters. The van der Waals surface area contributed by atoms with E-state index in [2.05, 4.69) is 21.7 Å². The summed E-state index contributed by atoms with van der Waals surface area (Å²) in [5, 5.41) is 6.32. The lowest BCUT2D eigenvalue weighted by Gasteiger charge is -2.20. The van der Waals surface area contributed by atoms with E-state index in [0.717, 1.165) is 18.7 Å². The topological polar surface area (TPSA) is 60.0 Å². The van der Waals surface area contributed by atoms with Crippen molar-refractivity contribution in [1.29, 1.82) is 0 Å². The molecule has 1 amide bonds. The number of amides is 1. The third kappa shape index (κ3) is 7.00. The summed E-state index contributed by atoms with van der Waals surface area (Å²) in [6.07, 6.45) is -1.55. The van der Waals surface area contributed by atoms with Crippen LogP contribution in [-0.4, -0.2) is 68.8 Å². The first-order valence-corrected chi connectivity index (χ1v) is 10.0. The van der Waals surface area contributed by atoms with E-state index < -0.39 is 12.7 Å². The molecule has 1 saturated heterocycles. The summed E-state index contributed by atoms with van der Waals surface area (Å²) in [5.41, 5.74) is 2.22. The molecule has 6 nitrogen and oxygen atoms in total. The molecule has 30 heavy (non-hydrogen) atoms. The van der Waals surface area contributed by atoms with Gasteiger partial charge in [-0.15, -0.1) is 24.0 Å². The monoisotopic (exact) mass is 539 g/mol. The lowest BCUT2D eigenvalue weighted by Crippen LogP contribution is -2.45. The molecular formula is C20H29F3IN5O. The Morgan fingerprint density at radius 2 is 2.03 bits per heavy atom. The molecule has 0 aromatic heterocycles. The minimum atomic E-state index is -4.17. The normalized spacial score (nSPS) is 19.4. The molecular weight excluding hydrogens is 510 g/mol. The van der Waals surface area contributed by atoms with E-state index in [0.29, 0.717) is 44.9 Å². The number of alkyl halides is 3. The number of halogens is 4. The van der Waals surface area contributed by atoms with E-state index in [4.69, 9.17) is 0 Å². The molecule has 2 N–H and O–H groups in total. The van der Waals surface area contributed by atoms with Crippen LogP contribution in [0.25, 0.3) is 0 Å². The maximum absolute atomic E-state index is 12.5. The summed E-state index contributed by atoms with van der Waals surface area (Å²) in [6.45, 7) is 1.18. The summed E-state index contributed by atoms with van der Waals surface area (Å²) in [7, 11) is 1.63. The van der Waals surface area contributed by atoms with Crippen molar-refractivity contribution in [2.75, 3.05) is 44.7 Å². The van der Waals surface area contributed by atoms with Gasteiger partial charge in [-0.2, -0.15) is 13.2 Å². The van der Waals surface area contributed by atoms with E-state index in [1.165, 1.54) is 10.5 Å². The molecule has 1 aromatic rings. The van der Waals surface area contributed by atoms with Gasteiger partial charge in [-0.25, -0.2) is 0 Å². The number of nitrogens with one attached hydrogen (secondary N) is 2. The van der Waals surface area contributed by atoms with Gasteiger partial charge >= 0.3 is 6.18 Å². The Morgan fingerprint density at radius 1 is 1.27 bits per heavy atom. The molecule has 2 heterocycles. The van der Waals surface area contributed by atoms with Gasteiger partial charge in [-0.3, -0.25) is 14.7 Å². The number of likely N-dealkylation sites (tertiary alicyclic amines) is 1. The van der Waals surface area contributed by atoms with Crippen LogP contribution in [0.2, 0.25) is 0 Å². The lowest BCUT2D eigenvalue weighted by atomic mass is 10.2. The first kappa shape index (κ1) is 24.7. The fourth-order valence-corrected chi connectivity index (χ4v) is 3.91. The number of fused-ring (bicyclic) bond motifs is 1. The van der Waals surface area contributed by atoms with Crippen LogP contribution in [0, 0.1) is 0 Å². The van der Waals surface area contributed by atoms with Crippen LogP contribution >= 0.6 is 24.0 Å². The van der Waals surface area contributed by atoms with Crippen molar-refractivity contribution in [3.05, 3.63) is 29.8 Å². The van der Waals surface area contributed by atoms with E-state index in [-0.39, 0.29) is 35.9 Å². The van der Waals surface area contributed by atoms with E-state index in [1.54, 1.807) is 7.05 Å². The van der Waals surface area contributed by atoms with Gasteiger partial charge in [0.05, 0.1) is 6.54 Å². The number of benzene rings is 1. The van der Waals surface area contributed by atoms with Crippen LogP contribution in [0.3, 0.4) is 0 Å². The second-order valence-electron chi connectivity index (χ2n) is 7.51. The zero-order valence-corrected chi connectivity index (χ0v) is 19.4. The van der Waals surface area contributed by atoms with Crippen LogP contribution in [0.4, 0.5) is 18.9 Å². The Morgan fingerprint density at radius 3 is 2.77 bits per heavy atom. The third-order valence-corrected chi connectivity index (χ3v) is 5.29. The zero-order valence-electron chi connectivity index (χ0n) is 17.0. The molecule has 2 aliphatic heterocycles. The van der Waals surface area contributed by atoms with Crippen molar-refractivity contribution in [2.24, 2.45) is 4.99 Å². The SMILES string of the molecule is CN=C(NCCCC(=O)N1CCc2ccccc21)NC1CCN(CC(F)(F)F)C1.I. The second-order valence-corrected chi connectivity index (χ2v) is 7.51. The standard InChI is InChI=1S/C20H28F3N5O.HI/c1-24-19(26-16-9-11-27(13-16)14-20(21,22)23)25-10-4-7-18(29)28-12-8-15-5-2-3-6-17(15)28;/h2-3,5-6,16H,4,7-14H2,1H3,(H2,24,25,26);1H. The van der Waals surface area contributed by atoms with Gasteiger partial charge in [0, 0.05) is 51.4 Å². The average Bonchev–Trinajstić information content (AvgIpc) is 3.29. The first-order valence-electron chi connectivity index (χ1n) is 10.0. The van der Waals surface area contributed by atoms with Crippen LogP contribution < -0.4 is 15.5 Å². The highest BCUT2D eigenvalue weighted by molar-refractivity contribution is 14.0. The van der Waals surface area contributed by atoms with Crippen LogP contribution in [0.15, 0.2) is 29.3 Å². The summed E-state index contributed by atoms with van der Waals surface area (Å²) < 4.78 is 37.5. The molecule has 1 aromatic carbocycles. The van der Waals surface area contributed by atoms with Gasteiger partial charge in [0.25, 0.3) is 0 Å². The summed E-state index contributed by atoms with van der Waals surface area (Å²) in [6, 6.07) is 7.90. The van der Waals surface area contributed by atoms with Gasteiger partial charge in [-0.05, 0) is 30.9 Å². The Hall–Kier alpha value is -1.56. The maximum Gasteiger partial charge on any atom is 0.401 e. The molecule has 0 aliphatic carbocycles. The minimum Gasteiger partial charge on any atom is -0.356 e. The quantitative estimate of drug-likeness (QED) is 0.253. The molecule has 0 saturated carbocycles. The molecule has 0 radical (unpaired) electrons. The Bertz CT molecular complexity index is 743. The molecule has 10 heteroatoms. The fraction of sp³-hybridized carbons (Fsp3) is 0.600. The Balaban J connectivity index is 0.00000320.